The molecule has 0 aromatic carbocycles. The van der Waals surface area contributed by atoms with Crippen molar-refractivity contribution in [3.05, 3.63) is 0 Å². The zero-order valence-corrected chi connectivity index (χ0v) is 9.58. The van der Waals surface area contributed by atoms with E-state index in [1.165, 1.54) is 6.92 Å². The minimum Gasteiger partial charge on any atom is -0.465 e. The summed E-state index contributed by atoms with van der Waals surface area (Å²) in [5.74, 6) is -0.779. The van der Waals surface area contributed by atoms with Crippen LogP contribution in [-0.2, 0) is 4.79 Å². The molecule has 0 fully saturated rings. The third-order valence-corrected chi connectivity index (χ3v) is 1.95. The third-order valence-electron chi connectivity index (χ3n) is 1.95. The molecule has 0 unspecified atom stereocenters. The van der Waals surface area contributed by atoms with E-state index in [2.05, 4.69) is 0 Å². The third kappa shape index (κ3) is 5.95. The molecule has 0 aromatic rings. The van der Waals surface area contributed by atoms with Gasteiger partial charge in [-0.1, -0.05) is 0 Å². The van der Waals surface area contributed by atoms with Gasteiger partial charge in [-0.05, 0) is 6.92 Å². The first kappa shape index (κ1) is 15.5. The van der Waals surface area contributed by atoms with Gasteiger partial charge in [-0.25, -0.2) is 9.80 Å². The Balaban J connectivity index is 4.43. The quantitative estimate of drug-likeness (QED) is 0.720. The van der Waals surface area contributed by atoms with Crippen LogP contribution in [0.3, 0.4) is 0 Å². The first-order valence-corrected chi connectivity index (χ1v) is 4.59. The molecule has 0 aliphatic heterocycles. The number of hydrogen-bond donors (Lipinski definition) is 2. The Bertz CT molecular complexity index is 295. The number of carbonyl (C=O) groups is 2. The summed E-state index contributed by atoms with van der Waals surface area (Å²) in [7, 11) is 2.22. The zero-order chi connectivity index (χ0) is 13.8. The van der Waals surface area contributed by atoms with Gasteiger partial charge in [-0.3, -0.25) is 9.80 Å². The summed E-state index contributed by atoms with van der Waals surface area (Å²) in [5, 5.41) is 11.6. The monoisotopic (exact) mass is 257 g/mol. The van der Waals surface area contributed by atoms with Crippen LogP contribution in [0.25, 0.3) is 0 Å². The van der Waals surface area contributed by atoms with Crippen molar-refractivity contribution in [2.75, 3.05) is 20.6 Å². The molecule has 2 N–H and O–H groups in total. The van der Waals surface area contributed by atoms with Gasteiger partial charge in [0.25, 0.3) is 5.91 Å². The second-order valence-electron chi connectivity index (χ2n) is 3.46. The van der Waals surface area contributed by atoms with E-state index in [0.717, 1.165) is 14.1 Å². The lowest BCUT2D eigenvalue weighted by Crippen LogP contribution is -2.52. The molecule has 1 atom stereocenters. The summed E-state index contributed by atoms with van der Waals surface area (Å²) in [6.07, 6.45) is -5.86. The summed E-state index contributed by atoms with van der Waals surface area (Å²) in [4.78, 5) is 21.8. The van der Waals surface area contributed by atoms with Crippen molar-refractivity contribution >= 4 is 12.0 Å². The minimum atomic E-state index is -4.44. The highest BCUT2D eigenvalue weighted by Crippen LogP contribution is 2.16. The van der Waals surface area contributed by atoms with Gasteiger partial charge in [0.15, 0.2) is 0 Å². The van der Waals surface area contributed by atoms with E-state index in [-0.39, 0.29) is 0 Å². The van der Waals surface area contributed by atoms with Crippen molar-refractivity contribution in [1.82, 2.24) is 15.3 Å². The van der Waals surface area contributed by atoms with E-state index >= 15 is 0 Å². The maximum Gasteiger partial charge on any atom is 0.405 e. The number of halogens is 3. The maximum absolute atomic E-state index is 12.1. The van der Waals surface area contributed by atoms with Crippen LogP contribution in [0.15, 0.2) is 0 Å². The predicted molar refractivity (Wildman–Crippen MR) is 52.1 cm³/mol. The number of hydrogen-bond acceptors (Lipinski definition) is 3. The molecule has 0 heterocycles. The summed E-state index contributed by atoms with van der Waals surface area (Å²) in [5.41, 5.74) is 0. The summed E-state index contributed by atoms with van der Waals surface area (Å²) in [6, 6.07) is -1.12. The number of likely N-dealkylation sites (N-methyl/N-ethyl adjacent to an activating group) is 1. The number of nitrogens with zero attached hydrogens (tertiary/aromatic N) is 2. The largest absolute Gasteiger partial charge is 0.465 e. The molecule has 0 spiro atoms. The Labute approximate surface area is 95.9 Å². The van der Waals surface area contributed by atoms with Crippen molar-refractivity contribution in [2.24, 2.45) is 0 Å². The number of alkyl halides is 3. The van der Waals surface area contributed by atoms with Crippen molar-refractivity contribution in [1.29, 1.82) is 0 Å². The van der Waals surface area contributed by atoms with Gasteiger partial charge in [-0.2, -0.15) is 13.2 Å². The average molecular weight is 257 g/mol. The number of carboxylic acid groups (broad SMARTS) is 1. The van der Waals surface area contributed by atoms with Crippen molar-refractivity contribution < 1.29 is 27.9 Å². The fourth-order valence-electron chi connectivity index (χ4n) is 1.06. The second kappa shape index (κ2) is 5.71. The van der Waals surface area contributed by atoms with Crippen molar-refractivity contribution in [2.45, 2.75) is 19.1 Å². The number of nitrogens with one attached hydrogen (secondary N) is 1. The summed E-state index contributed by atoms with van der Waals surface area (Å²) in [6.45, 7) is -0.0522. The van der Waals surface area contributed by atoms with Gasteiger partial charge in [0, 0.05) is 14.1 Å². The van der Waals surface area contributed by atoms with Gasteiger partial charge in [-0.15, -0.1) is 0 Å². The molecule has 0 aromatic heterocycles. The fourth-order valence-corrected chi connectivity index (χ4v) is 1.06. The standard InChI is InChI=1S/C8H14F3N3O3/c1-5(12-7(16)17)6(15)14(3)13(2)4-8(9,10)11/h5,12H,4H2,1-3H3,(H,16,17)/t5-/m1/s1. The molecule has 0 saturated carbocycles. The Kier molecular flexibility index (Phi) is 5.20. The SMILES string of the molecule is C[C@@H](NC(=O)O)C(=O)N(C)N(C)CC(F)(F)F. The van der Waals surface area contributed by atoms with Crippen molar-refractivity contribution in [3.63, 3.8) is 0 Å². The first-order chi connectivity index (χ1) is 7.54. The molecule has 0 bridgehead atoms. The Morgan fingerprint density at radius 3 is 2.18 bits per heavy atom. The Morgan fingerprint density at radius 2 is 1.82 bits per heavy atom. The second-order valence-corrected chi connectivity index (χ2v) is 3.46. The normalized spacial score (nSPS) is 13.4. The average Bonchev–Trinajstić information content (AvgIpc) is 2.11. The van der Waals surface area contributed by atoms with E-state index in [0.29, 0.717) is 10.0 Å². The molecule has 9 heteroatoms. The van der Waals surface area contributed by atoms with Crippen LogP contribution in [0.1, 0.15) is 6.92 Å². The zero-order valence-electron chi connectivity index (χ0n) is 9.58. The number of carbonyl (C=O) groups excluding carboxylic acids is 1. The van der Waals surface area contributed by atoms with E-state index in [9.17, 15) is 22.8 Å². The highest BCUT2D eigenvalue weighted by Gasteiger charge is 2.32. The minimum absolute atomic E-state index is 0.655. The molecule has 0 rings (SSSR count). The molecular weight excluding hydrogens is 243 g/mol. The molecule has 6 nitrogen and oxygen atoms in total. The lowest BCUT2D eigenvalue weighted by Gasteiger charge is -2.30. The van der Waals surface area contributed by atoms with Crippen LogP contribution in [-0.4, -0.2) is 60.0 Å². The van der Waals surface area contributed by atoms with E-state index in [4.69, 9.17) is 5.11 Å². The molecule has 0 aliphatic rings. The van der Waals surface area contributed by atoms with Gasteiger partial charge in [0.05, 0.1) is 0 Å². The molecule has 0 aliphatic carbocycles. The van der Waals surface area contributed by atoms with Crippen LogP contribution in [0.5, 0.6) is 0 Å². The lowest BCUT2D eigenvalue weighted by atomic mass is 10.3. The highest BCUT2D eigenvalue weighted by atomic mass is 19.4. The highest BCUT2D eigenvalue weighted by molar-refractivity contribution is 5.84. The fraction of sp³-hybridized carbons (Fsp3) is 0.750. The maximum atomic E-state index is 12.1. The van der Waals surface area contributed by atoms with E-state index in [1.807, 2.05) is 5.32 Å². The number of hydrazine groups is 1. The molecule has 2 amide bonds. The summed E-state index contributed by atoms with van der Waals surface area (Å²) < 4.78 is 36.2. The predicted octanol–water partition coefficient (Wildman–Crippen LogP) is 0.510. The van der Waals surface area contributed by atoms with Gasteiger partial charge in [0.2, 0.25) is 0 Å². The van der Waals surface area contributed by atoms with Gasteiger partial charge in [0.1, 0.15) is 12.6 Å². The molecular formula is C8H14F3N3O3. The number of amides is 2. The molecule has 0 saturated heterocycles. The van der Waals surface area contributed by atoms with Crippen molar-refractivity contribution in [3.8, 4) is 0 Å². The van der Waals surface area contributed by atoms with E-state index in [1.54, 1.807) is 0 Å². The Hall–Kier alpha value is -1.51. The van der Waals surface area contributed by atoms with Crippen LogP contribution in [0, 0.1) is 0 Å². The first-order valence-electron chi connectivity index (χ1n) is 4.59. The molecule has 100 valence electrons. The van der Waals surface area contributed by atoms with Crippen LogP contribution >= 0.6 is 0 Å². The topological polar surface area (TPSA) is 72.9 Å². The van der Waals surface area contributed by atoms with Gasteiger partial charge < -0.3 is 10.4 Å². The number of rotatable bonds is 4. The molecule has 17 heavy (non-hydrogen) atoms. The smallest absolute Gasteiger partial charge is 0.405 e. The summed E-state index contributed by atoms with van der Waals surface area (Å²) >= 11 is 0. The van der Waals surface area contributed by atoms with E-state index < -0.39 is 30.8 Å². The van der Waals surface area contributed by atoms with Gasteiger partial charge >= 0.3 is 12.3 Å². The van der Waals surface area contributed by atoms with Crippen LogP contribution in [0.2, 0.25) is 0 Å². The Morgan fingerprint density at radius 1 is 1.35 bits per heavy atom. The van der Waals surface area contributed by atoms with Crippen LogP contribution in [0.4, 0.5) is 18.0 Å². The molecule has 0 radical (unpaired) electrons. The van der Waals surface area contributed by atoms with Crippen LogP contribution < -0.4 is 5.32 Å². The lowest BCUT2D eigenvalue weighted by molar-refractivity contribution is -0.179.